The van der Waals surface area contributed by atoms with Gasteiger partial charge in [-0.15, -0.1) is 0 Å². The number of aromatic nitrogens is 2. The van der Waals surface area contributed by atoms with Crippen molar-refractivity contribution in [2.45, 2.75) is 25.9 Å². The largest absolute Gasteiger partial charge is 0.389 e. The molecule has 9 heteroatoms. The summed E-state index contributed by atoms with van der Waals surface area (Å²) in [5, 5.41) is 3.96. The molecule has 0 amide bonds. The number of nitrogens with zero attached hydrogens (tertiary/aromatic N) is 3. The van der Waals surface area contributed by atoms with Gasteiger partial charge in [-0.2, -0.15) is 0 Å². The van der Waals surface area contributed by atoms with Gasteiger partial charge < -0.3 is 21.7 Å². The third-order valence-electron chi connectivity index (χ3n) is 5.18. The van der Waals surface area contributed by atoms with Crippen LogP contribution in [0.1, 0.15) is 19.0 Å². The molecule has 2 aromatic heterocycles. The van der Waals surface area contributed by atoms with Gasteiger partial charge in [-0.05, 0) is 30.5 Å². The first-order valence-corrected chi connectivity index (χ1v) is 10.6. The molecule has 1 aromatic carbocycles. The van der Waals surface area contributed by atoms with Crippen molar-refractivity contribution in [1.29, 1.82) is 0 Å². The molecular weight excluding hydrogens is 406 g/mol. The molecule has 0 bridgehead atoms. The number of nitrogens with one attached hydrogen (secondary N) is 1. The summed E-state index contributed by atoms with van der Waals surface area (Å²) in [5.41, 5.74) is 14.5. The van der Waals surface area contributed by atoms with E-state index in [0.717, 1.165) is 42.2 Å². The van der Waals surface area contributed by atoms with Gasteiger partial charge in [0.15, 0.2) is 0 Å². The van der Waals surface area contributed by atoms with E-state index in [1.165, 1.54) is 18.2 Å². The predicted octanol–water partition coefficient (Wildman–Crippen LogP) is 3.85. The van der Waals surface area contributed by atoms with Crippen LogP contribution in [0.5, 0.6) is 0 Å². The van der Waals surface area contributed by atoms with Gasteiger partial charge in [-0.1, -0.05) is 24.3 Å². The minimum absolute atomic E-state index is 0.127. The number of piperidine rings is 1. The normalized spacial score (nSPS) is 19.1. The highest BCUT2D eigenvalue weighted by Crippen LogP contribution is 2.34. The van der Waals surface area contributed by atoms with Gasteiger partial charge >= 0.3 is 0 Å². The SMILES string of the molecule is CC1CC(N)CN(c2ccncc2NCc2nc(-c3c(F)cccc3F)sc2N)C1. The lowest BCUT2D eigenvalue weighted by Crippen LogP contribution is -2.46. The fourth-order valence-electron chi connectivity index (χ4n) is 3.87. The van der Waals surface area contributed by atoms with Crippen molar-refractivity contribution in [2.24, 2.45) is 11.7 Å². The van der Waals surface area contributed by atoms with Crippen molar-refractivity contribution in [3.63, 3.8) is 0 Å². The lowest BCUT2D eigenvalue weighted by molar-refractivity contribution is 0.402. The maximum Gasteiger partial charge on any atom is 0.136 e. The summed E-state index contributed by atoms with van der Waals surface area (Å²) in [4.78, 5) is 10.9. The number of benzene rings is 1. The second-order valence-electron chi connectivity index (χ2n) is 7.68. The van der Waals surface area contributed by atoms with Crippen LogP contribution < -0.4 is 21.7 Å². The van der Waals surface area contributed by atoms with Gasteiger partial charge in [-0.3, -0.25) is 4.98 Å². The van der Waals surface area contributed by atoms with E-state index in [9.17, 15) is 8.78 Å². The number of hydrogen-bond donors (Lipinski definition) is 3. The molecule has 6 nitrogen and oxygen atoms in total. The molecule has 5 N–H and O–H groups in total. The van der Waals surface area contributed by atoms with E-state index in [1.54, 1.807) is 12.4 Å². The highest BCUT2D eigenvalue weighted by molar-refractivity contribution is 7.18. The second-order valence-corrected chi connectivity index (χ2v) is 8.71. The molecule has 1 aliphatic heterocycles. The van der Waals surface area contributed by atoms with Crippen molar-refractivity contribution in [3.8, 4) is 10.6 Å². The lowest BCUT2D eigenvalue weighted by atomic mass is 9.96. The van der Waals surface area contributed by atoms with Crippen LogP contribution in [-0.2, 0) is 6.54 Å². The Labute approximate surface area is 177 Å². The maximum atomic E-state index is 14.1. The van der Waals surface area contributed by atoms with Gasteiger partial charge in [0.2, 0.25) is 0 Å². The Morgan fingerprint density at radius 2 is 2.00 bits per heavy atom. The topological polar surface area (TPSA) is 93.1 Å². The Balaban J connectivity index is 1.55. The molecule has 0 saturated carbocycles. The number of nitrogen functional groups attached to an aromatic ring is 1. The molecule has 1 saturated heterocycles. The molecule has 4 rings (SSSR count). The average molecular weight is 431 g/mol. The molecule has 0 radical (unpaired) electrons. The average Bonchev–Trinajstić information content (AvgIpc) is 3.06. The van der Waals surface area contributed by atoms with Crippen LogP contribution in [0, 0.1) is 17.6 Å². The van der Waals surface area contributed by atoms with Crippen molar-refractivity contribution >= 4 is 27.7 Å². The van der Waals surface area contributed by atoms with E-state index in [4.69, 9.17) is 11.5 Å². The molecule has 1 fully saturated rings. The van der Waals surface area contributed by atoms with Gasteiger partial charge in [0, 0.05) is 25.3 Å². The van der Waals surface area contributed by atoms with Crippen molar-refractivity contribution in [3.05, 3.63) is 54.0 Å². The van der Waals surface area contributed by atoms with Crippen molar-refractivity contribution in [2.75, 3.05) is 29.0 Å². The van der Waals surface area contributed by atoms with E-state index in [0.29, 0.717) is 23.2 Å². The lowest BCUT2D eigenvalue weighted by Gasteiger charge is -2.37. The monoisotopic (exact) mass is 430 g/mol. The molecule has 3 heterocycles. The molecule has 3 aromatic rings. The molecular formula is C21H24F2N6S. The molecule has 30 heavy (non-hydrogen) atoms. The first-order chi connectivity index (χ1) is 14.4. The number of pyridine rings is 1. The van der Waals surface area contributed by atoms with Crippen molar-refractivity contribution < 1.29 is 8.78 Å². The van der Waals surface area contributed by atoms with E-state index < -0.39 is 11.6 Å². The van der Waals surface area contributed by atoms with Gasteiger partial charge in [0.1, 0.15) is 21.6 Å². The molecule has 2 unspecified atom stereocenters. The number of halogens is 2. The standard InChI is InChI=1S/C21H24F2N6S/c1-12-7-13(24)11-29(10-12)18-5-6-26-8-16(18)27-9-17-20(25)30-21(28-17)19-14(22)3-2-4-15(19)23/h2-6,8,12-13,27H,7,9-11,24-25H2,1H3. The van der Waals surface area contributed by atoms with E-state index in [-0.39, 0.29) is 16.6 Å². The second kappa shape index (κ2) is 8.53. The summed E-state index contributed by atoms with van der Waals surface area (Å²) in [6.07, 6.45) is 4.51. The summed E-state index contributed by atoms with van der Waals surface area (Å²) < 4.78 is 28.2. The number of hydrogen-bond acceptors (Lipinski definition) is 7. The summed E-state index contributed by atoms with van der Waals surface area (Å²) in [7, 11) is 0. The fourth-order valence-corrected chi connectivity index (χ4v) is 4.77. The van der Waals surface area contributed by atoms with Crippen LogP contribution in [-0.4, -0.2) is 29.1 Å². The predicted molar refractivity (Wildman–Crippen MR) is 117 cm³/mol. The Hall–Kier alpha value is -2.78. The molecule has 0 spiro atoms. The first-order valence-electron chi connectivity index (χ1n) is 9.80. The van der Waals surface area contributed by atoms with Crippen LogP contribution in [0.3, 0.4) is 0 Å². The summed E-state index contributed by atoms with van der Waals surface area (Å²) in [6, 6.07) is 5.82. The zero-order valence-electron chi connectivity index (χ0n) is 16.6. The van der Waals surface area contributed by atoms with Crippen LogP contribution in [0.2, 0.25) is 0 Å². The molecule has 1 aliphatic rings. The Bertz CT molecular complexity index is 1010. The van der Waals surface area contributed by atoms with Crippen LogP contribution >= 0.6 is 11.3 Å². The summed E-state index contributed by atoms with van der Waals surface area (Å²) in [6.45, 7) is 4.20. The fraction of sp³-hybridized carbons (Fsp3) is 0.333. The summed E-state index contributed by atoms with van der Waals surface area (Å²) >= 11 is 1.07. The van der Waals surface area contributed by atoms with E-state index in [2.05, 4.69) is 27.1 Å². The maximum absolute atomic E-state index is 14.1. The van der Waals surface area contributed by atoms with E-state index >= 15 is 0 Å². The van der Waals surface area contributed by atoms with Crippen LogP contribution in [0.4, 0.5) is 25.2 Å². The number of thiazole rings is 1. The zero-order chi connectivity index (χ0) is 21.3. The highest BCUT2D eigenvalue weighted by Gasteiger charge is 2.24. The van der Waals surface area contributed by atoms with Gasteiger partial charge in [0.25, 0.3) is 0 Å². The zero-order valence-corrected chi connectivity index (χ0v) is 17.4. The Kier molecular flexibility index (Phi) is 5.83. The minimum atomic E-state index is -0.659. The van der Waals surface area contributed by atoms with Crippen LogP contribution in [0.25, 0.3) is 10.6 Å². The van der Waals surface area contributed by atoms with Crippen LogP contribution in [0.15, 0.2) is 36.7 Å². The molecule has 158 valence electrons. The number of rotatable bonds is 5. The summed E-state index contributed by atoms with van der Waals surface area (Å²) in [5.74, 6) is -0.816. The number of nitrogens with two attached hydrogens (primary N) is 2. The highest BCUT2D eigenvalue weighted by atomic mass is 32.1. The first kappa shape index (κ1) is 20.5. The minimum Gasteiger partial charge on any atom is -0.389 e. The smallest absolute Gasteiger partial charge is 0.136 e. The number of anilines is 3. The Morgan fingerprint density at radius 3 is 2.73 bits per heavy atom. The third-order valence-corrected chi connectivity index (χ3v) is 6.13. The van der Waals surface area contributed by atoms with Gasteiger partial charge in [-0.25, -0.2) is 13.8 Å². The van der Waals surface area contributed by atoms with E-state index in [1.807, 2.05) is 6.07 Å². The van der Waals surface area contributed by atoms with Gasteiger partial charge in [0.05, 0.1) is 35.4 Å². The molecule has 0 aliphatic carbocycles. The third kappa shape index (κ3) is 4.22. The van der Waals surface area contributed by atoms with Crippen molar-refractivity contribution in [1.82, 2.24) is 9.97 Å². The molecule has 2 atom stereocenters. The Morgan fingerprint density at radius 1 is 1.23 bits per heavy atom. The quantitative estimate of drug-likeness (QED) is 0.569.